The van der Waals surface area contributed by atoms with E-state index in [1.807, 2.05) is 32.0 Å². The number of thiocarbonyl (C=S) groups is 1. The van der Waals surface area contributed by atoms with Gasteiger partial charge >= 0.3 is 0 Å². The first-order valence-electron chi connectivity index (χ1n) is 6.30. The largest absolute Gasteiger partial charge is 0.389 e. The van der Waals surface area contributed by atoms with Crippen molar-refractivity contribution in [1.29, 1.82) is 0 Å². The van der Waals surface area contributed by atoms with E-state index in [1.54, 1.807) is 12.1 Å². The first-order valence-corrected chi connectivity index (χ1v) is 8.19. The van der Waals surface area contributed by atoms with Gasteiger partial charge in [0.25, 0.3) is 10.0 Å². The quantitative estimate of drug-likeness (QED) is 0.850. The minimum atomic E-state index is -3.68. The van der Waals surface area contributed by atoms with Crippen LogP contribution in [0.2, 0.25) is 0 Å². The molecule has 0 heterocycles. The van der Waals surface area contributed by atoms with Crippen molar-refractivity contribution < 1.29 is 8.42 Å². The van der Waals surface area contributed by atoms with E-state index in [0.29, 0.717) is 11.3 Å². The van der Waals surface area contributed by atoms with Crippen LogP contribution in [0.1, 0.15) is 16.7 Å². The van der Waals surface area contributed by atoms with Gasteiger partial charge in [-0.3, -0.25) is 4.72 Å². The summed E-state index contributed by atoms with van der Waals surface area (Å²) in [6.07, 6.45) is 0. The SMILES string of the molecule is Cc1cccc(C)c1NS(=O)(=O)c1cccc(C(N)=S)c1. The van der Waals surface area contributed by atoms with Crippen LogP contribution in [0, 0.1) is 13.8 Å². The highest BCUT2D eigenvalue weighted by Crippen LogP contribution is 2.23. The van der Waals surface area contributed by atoms with Crippen LogP contribution in [0.3, 0.4) is 0 Å². The monoisotopic (exact) mass is 320 g/mol. The molecule has 0 aliphatic heterocycles. The Bertz CT molecular complexity index is 779. The van der Waals surface area contributed by atoms with Crippen molar-refractivity contribution in [2.24, 2.45) is 5.73 Å². The molecular weight excluding hydrogens is 304 g/mol. The van der Waals surface area contributed by atoms with Gasteiger partial charge in [-0.25, -0.2) is 8.42 Å². The van der Waals surface area contributed by atoms with Gasteiger partial charge in [0.15, 0.2) is 0 Å². The van der Waals surface area contributed by atoms with E-state index in [-0.39, 0.29) is 9.88 Å². The average Bonchev–Trinajstić information content (AvgIpc) is 2.43. The number of anilines is 1. The molecule has 2 aromatic rings. The van der Waals surface area contributed by atoms with Gasteiger partial charge < -0.3 is 5.73 Å². The van der Waals surface area contributed by atoms with Crippen LogP contribution in [0.5, 0.6) is 0 Å². The first-order chi connectivity index (χ1) is 9.81. The molecule has 0 bridgehead atoms. The molecule has 0 saturated heterocycles. The predicted octanol–water partition coefficient (Wildman–Crippen LogP) is 2.74. The third-order valence-corrected chi connectivity index (χ3v) is 4.73. The molecule has 2 aromatic carbocycles. The average molecular weight is 320 g/mol. The zero-order chi connectivity index (χ0) is 15.6. The Morgan fingerprint density at radius 3 is 2.24 bits per heavy atom. The minimum absolute atomic E-state index is 0.135. The number of sulfonamides is 1. The van der Waals surface area contributed by atoms with Crippen LogP contribution in [0.25, 0.3) is 0 Å². The fraction of sp³-hybridized carbons (Fsp3) is 0.133. The van der Waals surface area contributed by atoms with Crippen LogP contribution in [-0.4, -0.2) is 13.4 Å². The van der Waals surface area contributed by atoms with Crippen molar-refractivity contribution in [2.45, 2.75) is 18.7 Å². The lowest BCUT2D eigenvalue weighted by molar-refractivity contribution is 0.601. The Hall–Kier alpha value is -1.92. The van der Waals surface area contributed by atoms with E-state index in [4.69, 9.17) is 18.0 Å². The summed E-state index contributed by atoms with van der Waals surface area (Å²) in [6.45, 7) is 3.71. The summed E-state index contributed by atoms with van der Waals surface area (Å²) in [5.41, 5.74) is 8.39. The van der Waals surface area contributed by atoms with Gasteiger partial charge in [-0.1, -0.05) is 42.5 Å². The Morgan fingerprint density at radius 2 is 1.67 bits per heavy atom. The molecule has 0 amide bonds. The number of hydrogen-bond donors (Lipinski definition) is 2. The molecule has 2 rings (SSSR count). The zero-order valence-corrected chi connectivity index (χ0v) is 13.4. The van der Waals surface area contributed by atoms with Gasteiger partial charge in [-0.2, -0.15) is 0 Å². The number of nitrogens with one attached hydrogen (secondary N) is 1. The molecule has 0 spiro atoms. The number of hydrogen-bond acceptors (Lipinski definition) is 3. The summed E-state index contributed by atoms with van der Waals surface area (Å²) in [5, 5.41) is 0. The summed E-state index contributed by atoms with van der Waals surface area (Å²) >= 11 is 4.88. The molecule has 0 unspecified atom stereocenters. The Balaban J connectivity index is 2.44. The van der Waals surface area contributed by atoms with Crippen molar-refractivity contribution in [3.63, 3.8) is 0 Å². The van der Waals surface area contributed by atoms with Crippen LogP contribution >= 0.6 is 12.2 Å². The molecular formula is C15H16N2O2S2. The van der Waals surface area contributed by atoms with E-state index in [0.717, 1.165) is 11.1 Å². The molecule has 4 nitrogen and oxygen atoms in total. The van der Waals surface area contributed by atoms with Gasteiger partial charge in [-0.15, -0.1) is 0 Å². The van der Waals surface area contributed by atoms with Crippen LogP contribution in [0.4, 0.5) is 5.69 Å². The molecule has 3 N–H and O–H groups in total. The summed E-state index contributed by atoms with van der Waals surface area (Å²) < 4.78 is 27.6. The fourth-order valence-corrected chi connectivity index (χ4v) is 3.36. The van der Waals surface area contributed by atoms with Gasteiger partial charge in [-0.05, 0) is 37.1 Å². The number of rotatable bonds is 4. The number of para-hydroxylation sites is 1. The molecule has 0 radical (unpaired) electrons. The summed E-state index contributed by atoms with van der Waals surface area (Å²) in [5.74, 6) is 0. The molecule has 0 aromatic heterocycles. The predicted molar refractivity (Wildman–Crippen MR) is 89.1 cm³/mol. The molecule has 110 valence electrons. The Morgan fingerprint density at radius 1 is 1.10 bits per heavy atom. The highest BCUT2D eigenvalue weighted by Gasteiger charge is 2.17. The standard InChI is InChI=1S/C15H16N2O2S2/c1-10-5-3-6-11(2)14(10)17-21(18,19)13-8-4-7-12(9-13)15(16)20/h3-9,17H,1-2H3,(H2,16,20). The van der Waals surface area contributed by atoms with Crippen molar-refractivity contribution in [1.82, 2.24) is 0 Å². The van der Waals surface area contributed by atoms with Gasteiger partial charge in [0.05, 0.1) is 10.6 Å². The van der Waals surface area contributed by atoms with Crippen molar-refractivity contribution in [3.05, 3.63) is 59.2 Å². The van der Waals surface area contributed by atoms with E-state index >= 15 is 0 Å². The summed E-state index contributed by atoms with van der Waals surface area (Å²) in [6, 6.07) is 11.9. The van der Waals surface area contributed by atoms with E-state index in [1.165, 1.54) is 12.1 Å². The second kappa shape index (κ2) is 5.83. The number of aryl methyl sites for hydroxylation is 2. The van der Waals surface area contributed by atoms with Crippen molar-refractivity contribution >= 4 is 32.9 Å². The van der Waals surface area contributed by atoms with E-state index in [2.05, 4.69) is 4.72 Å². The topological polar surface area (TPSA) is 72.2 Å². The van der Waals surface area contributed by atoms with Gasteiger partial charge in [0.1, 0.15) is 4.99 Å². The zero-order valence-electron chi connectivity index (χ0n) is 11.8. The van der Waals surface area contributed by atoms with Crippen molar-refractivity contribution in [3.8, 4) is 0 Å². The third-order valence-electron chi connectivity index (χ3n) is 3.15. The highest BCUT2D eigenvalue weighted by atomic mass is 32.2. The normalized spacial score (nSPS) is 11.1. The Labute approximate surface area is 130 Å². The first kappa shape index (κ1) is 15.5. The molecule has 0 aliphatic carbocycles. The molecule has 0 aliphatic rings. The van der Waals surface area contributed by atoms with Crippen LogP contribution < -0.4 is 10.5 Å². The highest BCUT2D eigenvalue weighted by molar-refractivity contribution is 7.92. The molecule has 6 heteroatoms. The van der Waals surface area contributed by atoms with E-state index in [9.17, 15) is 8.42 Å². The molecule has 0 fully saturated rings. The van der Waals surface area contributed by atoms with Gasteiger partial charge in [0, 0.05) is 5.56 Å². The summed E-state index contributed by atoms with van der Waals surface area (Å²) in [4.78, 5) is 0.301. The van der Waals surface area contributed by atoms with E-state index < -0.39 is 10.0 Å². The van der Waals surface area contributed by atoms with Crippen molar-refractivity contribution in [2.75, 3.05) is 4.72 Å². The molecule has 21 heavy (non-hydrogen) atoms. The lowest BCUT2D eigenvalue weighted by Crippen LogP contribution is -2.16. The minimum Gasteiger partial charge on any atom is -0.389 e. The maximum atomic E-state index is 12.5. The third kappa shape index (κ3) is 3.40. The molecule has 0 saturated carbocycles. The number of nitrogens with two attached hydrogens (primary N) is 1. The van der Waals surface area contributed by atoms with Gasteiger partial charge in [0.2, 0.25) is 0 Å². The lowest BCUT2D eigenvalue weighted by atomic mass is 10.1. The lowest BCUT2D eigenvalue weighted by Gasteiger charge is -2.13. The van der Waals surface area contributed by atoms with Crippen LogP contribution in [-0.2, 0) is 10.0 Å². The fourth-order valence-electron chi connectivity index (χ4n) is 1.99. The van der Waals surface area contributed by atoms with Crippen LogP contribution in [0.15, 0.2) is 47.4 Å². The number of benzene rings is 2. The smallest absolute Gasteiger partial charge is 0.261 e. The maximum Gasteiger partial charge on any atom is 0.261 e. The maximum absolute atomic E-state index is 12.5. The second-order valence-electron chi connectivity index (χ2n) is 4.76. The second-order valence-corrected chi connectivity index (χ2v) is 6.89. The Kier molecular flexibility index (Phi) is 4.29. The molecule has 0 atom stereocenters. The summed E-state index contributed by atoms with van der Waals surface area (Å²) in [7, 11) is -3.68.